The Balaban J connectivity index is 0.000000616. The van der Waals surface area contributed by atoms with Crippen LogP contribution in [0.15, 0.2) is 18.2 Å². The average Bonchev–Trinajstić information content (AvgIpc) is 2.94. The third-order valence-corrected chi connectivity index (χ3v) is 4.60. The lowest BCUT2D eigenvalue weighted by atomic mass is 9.86. The fraction of sp³-hybridized carbons (Fsp3) is 0.474. The molecule has 0 saturated heterocycles. The first-order chi connectivity index (χ1) is 11.8. The van der Waals surface area contributed by atoms with E-state index >= 15 is 0 Å². The van der Waals surface area contributed by atoms with Crippen molar-refractivity contribution in [1.82, 2.24) is 4.98 Å². The molecular weight excluding hydrogens is 358 g/mol. The summed E-state index contributed by atoms with van der Waals surface area (Å²) in [5.41, 5.74) is 3.88. The number of benzene rings is 1. The second kappa shape index (κ2) is 9.05. The molecule has 0 saturated carbocycles. The minimum atomic E-state index is -0.833. The lowest BCUT2D eigenvalue weighted by Crippen LogP contribution is -2.37. The van der Waals surface area contributed by atoms with Crippen LogP contribution in [0.3, 0.4) is 0 Å². The van der Waals surface area contributed by atoms with Gasteiger partial charge in [-0.15, -0.1) is 12.4 Å². The van der Waals surface area contributed by atoms with Crippen LogP contribution in [0.25, 0.3) is 10.9 Å². The molecule has 0 bridgehead atoms. The van der Waals surface area contributed by atoms with Crippen LogP contribution >= 0.6 is 12.4 Å². The number of H-pyrrole nitrogens is 1. The first kappa shape index (κ1) is 22.0. The number of fused-ring (bicyclic) bond motifs is 3. The predicted octanol–water partition coefficient (Wildman–Crippen LogP) is 3.90. The van der Waals surface area contributed by atoms with Gasteiger partial charge in [0.25, 0.3) is 5.97 Å². The molecule has 1 aromatic carbocycles. The number of aromatic amines is 1. The van der Waals surface area contributed by atoms with Crippen molar-refractivity contribution in [2.24, 2.45) is 0 Å². The molecule has 26 heavy (non-hydrogen) atoms. The van der Waals surface area contributed by atoms with Gasteiger partial charge in [0, 0.05) is 17.8 Å². The van der Waals surface area contributed by atoms with E-state index < -0.39 is 17.5 Å². The minimum absolute atomic E-state index is 0. The number of halogens is 1. The second-order valence-electron chi connectivity index (χ2n) is 6.21. The van der Waals surface area contributed by atoms with Crippen molar-refractivity contribution in [3.8, 4) is 0 Å². The second-order valence-corrected chi connectivity index (χ2v) is 6.21. The summed E-state index contributed by atoms with van der Waals surface area (Å²) >= 11 is 0. The number of carboxylic acid groups (broad SMARTS) is 2. The molecule has 3 rings (SSSR count). The minimum Gasteiger partial charge on any atom is -0.481 e. The van der Waals surface area contributed by atoms with Crippen molar-refractivity contribution in [3.05, 3.63) is 35.0 Å². The molecule has 2 heterocycles. The lowest BCUT2D eigenvalue weighted by Gasteiger charge is -2.35. The number of hydrogen-bond donors (Lipinski definition) is 3. The Morgan fingerprint density at radius 2 is 1.92 bits per heavy atom. The quantitative estimate of drug-likeness (QED) is 0.743. The summed E-state index contributed by atoms with van der Waals surface area (Å²) in [5, 5.41) is 17.9. The Bertz CT molecular complexity index is 782. The normalized spacial score (nSPS) is 18.3. The molecule has 144 valence electrons. The molecule has 1 aromatic heterocycles. The zero-order valence-electron chi connectivity index (χ0n) is 15.3. The van der Waals surface area contributed by atoms with Crippen molar-refractivity contribution in [2.75, 3.05) is 6.61 Å². The van der Waals surface area contributed by atoms with Gasteiger partial charge < -0.3 is 19.9 Å². The van der Waals surface area contributed by atoms with Crippen molar-refractivity contribution in [3.63, 3.8) is 0 Å². The summed E-state index contributed by atoms with van der Waals surface area (Å²) in [5.74, 6) is -1.65. The Kier molecular flexibility index (Phi) is 7.66. The maximum Gasteiger partial charge on any atom is 0.306 e. The molecule has 0 radical (unpaired) electrons. The van der Waals surface area contributed by atoms with Gasteiger partial charge >= 0.3 is 5.97 Å². The van der Waals surface area contributed by atoms with E-state index in [0.717, 1.165) is 31.0 Å². The van der Waals surface area contributed by atoms with E-state index in [1.165, 1.54) is 16.5 Å². The van der Waals surface area contributed by atoms with Gasteiger partial charge in [0.2, 0.25) is 0 Å². The van der Waals surface area contributed by atoms with Gasteiger partial charge in [0.05, 0.1) is 18.7 Å². The van der Waals surface area contributed by atoms with Crippen LogP contribution in [-0.2, 0) is 32.8 Å². The zero-order valence-corrected chi connectivity index (χ0v) is 16.1. The molecule has 7 heteroatoms. The smallest absolute Gasteiger partial charge is 0.306 e. The average molecular weight is 384 g/mol. The molecule has 3 N–H and O–H groups in total. The third kappa shape index (κ3) is 4.37. The van der Waals surface area contributed by atoms with E-state index in [0.29, 0.717) is 13.0 Å². The summed E-state index contributed by atoms with van der Waals surface area (Å²) in [6, 6.07) is 6.32. The van der Waals surface area contributed by atoms with Crippen LogP contribution in [0.4, 0.5) is 0 Å². The fourth-order valence-corrected chi connectivity index (χ4v) is 3.49. The molecule has 0 aliphatic carbocycles. The number of carbonyl (C=O) groups is 2. The van der Waals surface area contributed by atoms with Crippen molar-refractivity contribution in [1.29, 1.82) is 0 Å². The first-order valence-electron chi connectivity index (χ1n) is 8.52. The maximum atomic E-state index is 11.3. The fourth-order valence-electron chi connectivity index (χ4n) is 3.49. The Morgan fingerprint density at radius 1 is 1.27 bits per heavy atom. The zero-order chi connectivity index (χ0) is 18.6. The number of nitrogens with one attached hydrogen (secondary N) is 1. The van der Waals surface area contributed by atoms with Gasteiger partial charge in [-0.1, -0.05) is 32.0 Å². The van der Waals surface area contributed by atoms with Gasteiger partial charge in [-0.2, -0.15) is 0 Å². The van der Waals surface area contributed by atoms with Gasteiger partial charge in [-0.25, -0.2) is 0 Å². The van der Waals surface area contributed by atoms with Crippen LogP contribution in [0.2, 0.25) is 0 Å². The highest BCUT2D eigenvalue weighted by molar-refractivity contribution is 5.88. The number of carboxylic acids is 2. The standard InChI is InChI=1S/C17H21NO3.C2H4O2.ClH/c1-3-11-6-5-7-12-13-8-9-21-17(4-2,10-14(19)20)16(13)18-15(11)12;1-2(3)4;/h5-7,18H,3-4,8-10H2,1-2H3,(H,19,20);1H3,(H,3,4);1H. The van der Waals surface area contributed by atoms with Crippen LogP contribution in [-0.4, -0.2) is 33.7 Å². The number of rotatable bonds is 4. The highest BCUT2D eigenvalue weighted by atomic mass is 35.5. The van der Waals surface area contributed by atoms with E-state index in [1.807, 2.05) is 6.92 Å². The monoisotopic (exact) mass is 383 g/mol. The van der Waals surface area contributed by atoms with E-state index in [9.17, 15) is 9.90 Å². The van der Waals surface area contributed by atoms with E-state index in [1.54, 1.807) is 0 Å². The molecule has 0 fully saturated rings. The first-order valence-corrected chi connectivity index (χ1v) is 8.52. The molecule has 0 amide bonds. The summed E-state index contributed by atoms with van der Waals surface area (Å²) in [4.78, 5) is 23.8. The van der Waals surface area contributed by atoms with Gasteiger partial charge in [0.15, 0.2) is 0 Å². The van der Waals surface area contributed by atoms with Gasteiger partial charge in [-0.05, 0) is 30.4 Å². The molecule has 0 spiro atoms. The molecule has 1 atom stereocenters. The Morgan fingerprint density at radius 3 is 2.46 bits per heavy atom. The van der Waals surface area contributed by atoms with E-state index in [4.69, 9.17) is 14.6 Å². The summed E-state index contributed by atoms with van der Waals surface area (Å²) in [6.07, 6.45) is 2.45. The SMILES string of the molecule is CC(=O)O.CCc1cccc2c3c([nH]c12)C(CC)(CC(=O)O)OCC3.Cl. The number of aliphatic carboxylic acids is 2. The Hall–Kier alpha value is -2.05. The summed E-state index contributed by atoms with van der Waals surface area (Å²) < 4.78 is 5.94. The van der Waals surface area contributed by atoms with Gasteiger partial charge in [0.1, 0.15) is 5.60 Å². The van der Waals surface area contributed by atoms with Crippen LogP contribution in [0.1, 0.15) is 50.4 Å². The number of aryl methyl sites for hydroxylation is 1. The largest absolute Gasteiger partial charge is 0.481 e. The third-order valence-electron chi connectivity index (χ3n) is 4.60. The van der Waals surface area contributed by atoms with E-state index in [-0.39, 0.29) is 18.8 Å². The van der Waals surface area contributed by atoms with E-state index in [2.05, 4.69) is 30.1 Å². The van der Waals surface area contributed by atoms with Crippen molar-refractivity contribution >= 4 is 35.2 Å². The van der Waals surface area contributed by atoms with Crippen molar-refractivity contribution in [2.45, 2.75) is 52.1 Å². The lowest BCUT2D eigenvalue weighted by molar-refractivity contribution is -0.148. The number of aromatic nitrogens is 1. The molecule has 1 aliphatic rings. The molecule has 1 aliphatic heterocycles. The number of ether oxygens (including phenoxy) is 1. The number of hydrogen-bond acceptors (Lipinski definition) is 3. The van der Waals surface area contributed by atoms with Crippen LogP contribution in [0, 0.1) is 0 Å². The predicted molar refractivity (Wildman–Crippen MR) is 102 cm³/mol. The molecule has 2 aromatic rings. The van der Waals surface area contributed by atoms with Crippen LogP contribution in [0.5, 0.6) is 0 Å². The molecular formula is C19H26ClNO5. The summed E-state index contributed by atoms with van der Waals surface area (Å²) in [6.45, 7) is 5.79. The van der Waals surface area contributed by atoms with Crippen LogP contribution < -0.4 is 0 Å². The highest BCUT2D eigenvalue weighted by Gasteiger charge is 2.40. The number of para-hydroxylation sites is 1. The van der Waals surface area contributed by atoms with Crippen molar-refractivity contribution < 1.29 is 24.5 Å². The summed E-state index contributed by atoms with van der Waals surface area (Å²) in [7, 11) is 0. The topological polar surface area (TPSA) is 99.6 Å². The highest BCUT2D eigenvalue weighted by Crippen LogP contribution is 2.42. The molecule has 1 unspecified atom stereocenters. The van der Waals surface area contributed by atoms with Gasteiger partial charge in [-0.3, -0.25) is 9.59 Å². The maximum absolute atomic E-state index is 11.3. The Labute approximate surface area is 159 Å². The molecule has 6 nitrogen and oxygen atoms in total.